The molecule has 0 spiro atoms. The first kappa shape index (κ1) is 15.3. The van der Waals surface area contributed by atoms with Crippen LogP contribution in [-0.2, 0) is 9.47 Å². The molecule has 112 valence electrons. The predicted octanol–water partition coefficient (Wildman–Crippen LogP) is 3.29. The van der Waals surface area contributed by atoms with Crippen LogP contribution in [0.4, 0.5) is 0 Å². The summed E-state index contributed by atoms with van der Waals surface area (Å²) in [4.78, 5) is 0. The van der Waals surface area contributed by atoms with Gasteiger partial charge in [0.2, 0.25) is 0 Å². The highest BCUT2D eigenvalue weighted by Gasteiger charge is 2.39. The van der Waals surface area contributed by atoms with Crippen LogP contribution in [-0.4, -0.2) is 36.6 Å². The summed E-state index contributed by atoms with van der Waals surface area (Å²) in [6.45, 7) is 4.48. The molecule has 0 bridgehead atoms. The van der Waals surface area contributed by atoms with E-state index in [1.54, 1.807) is 0 Å². The summed E-state index contributed by atoms with van der Waals surface area (Å²) in [6.07, 6.45) is 9.83. The van der Waals surface area contributed by atoms with Crippen molar-refractivity contribution in [2.45, 2.75) is 76.4 Å². The Balaban J connectivity index is 1.95. The SMILES string of the molecule is CCOC1(C(O)CC2CCOCC2)CCCCCC1. The Morgan fingerprint density at radius 2 is 1.79 bits per heavy atom. The monoisotopic (exact) mass is 270 g/mol. The summed E-state index contributed by atoms with van der Waals surface area (Å²) in [5.74, 6) is 0.615. The van der Waals surface area contributed by atoms with E-state index in [0.29, 0.717) is 12.5 Å². The molecular weight excluding hydrogens is 240 g/mol. The number of rotatable bonds is 5. The van der Waals surface area contributed by atoms with Crippen LogP contribution in [0, 0.1) is 5.92 Å². The Morgan fingerprint density at radius 3 is 2.37 bits per heavy atom. The van der Waals surface area contributed by atoms with Gasteiger partial charge in [0.25, 0.3) is 0 Å². The molecule has 1 N–H and O–H groups in total. The molecule has 2 aliphatic rings. The highest BCUT2D eigenvalue weighted by molar-refractivity contribution is 4.91. The zero-order valence-electron chi connectivity index (χ0n) is 12.4. The molecule has 1 heterocycles. The lowest BCUT2D eigenvalue weighted by Gasteiger charge is -2.39. The van der Waals surface area contributed by atoms with E-state index in [2.05, 4.69) is 0 Å². The average molecular weight is 270 g/mol. The van der Waals surface area contributed by atoms with E-state index < -0.39 is 0 Å². The van der Waals surface area contributed by atoms with Gasteiger partial charge in [-0.2, -0.15) is 0 Å². The molecule has 1 saturated carbocycles. The molecule has 0 aromatic rings. The molecule has 0 radical (unpaired) electrons. The van der Waals surface area contributed by atoms with Crippen LogP contribution in [0.15, 0.2) is 0 Å². The first-order valence-corrected chi connectivity index (χ1v) is 8.16. The number of aliphatic hydroxyl groups is 1. The lowest BCUT2D eigenvalue weighted by molar-refractivity contribution is -0.137. The third-order valence-electron chi connectivity index (χ3n) is 4.89. The Labute approximate surface area is 117 Å². The van der Waals surface area contributed by atoms with Gasteiger partial charge in [-0.15, -0.1) is 0 Å². The van der Waals surface area contributed by atoms with Gasteiger partial charge in [-0.25, -0.2) is 0 Å². The molecule has 3 nitrogen and oxygen atoms in total. The van der Waals surface area contributed by atoms with Crippen molar-refractivity contribution in [2.75, 3.05) is 19.8 Å². The van der Waals surface area contributed by atoms with Crippen LogP contribution in [0.3, 0.4) is 0 Å². The minimum Gasteiger partial charge on any atom is -0.390 e. The molecule has 1 atom stereocenters. The standard InChI is InChI=1S/C16H30O3/c1-2-19-16(9-5-3-4-6-10-16)15(17)13-14-7-11-18-12-8-14/h14-15,17H,2-13H2,1H3. The molecule has 2 fully saturated rings. The lowest BCUT2D eigenvalue weighted by atomic mass is 9.81. The third kappa shape index (κ3) is 4.17. The molecule has 0 aromatic heterocycles. The Morgan fingerprint density at radius 1 is 1.16 bits per heavy atom. The molecule has 1 aliphatic carbocycles. The number of hydrogen-bond acceptors (Lipinski definition) is 3. The molecule has 1 aliphatic heterocycles. The molecule has 1 unspecified atom stereocenters. The van der Waals surface area contributed by atoms with Gasteiger partial charge in [0.05, 0.1) is 11.7 Å². The van der Waals surface area contributed by atoms with Gasteiger partial charge in [0, 0.05) is 19.8 Å². The second-order valence-corrected chi connectivity index (χ2v) is 6.22. The molecular formula is C16H30O3. The fourth-order valence-corrected chi connectivity index (χ4v) is 3.70. The van der Waals surface area contributed by atoms with Crippen molar-refractivity contribution in [1.29, 1.82) is 0 Å². The summed E-state index contributed by atoms with van der Waals surface area (Å²) in [7, 11) is 0. The van der Waals surface area contributed by atoms with Gasteiger partial charge in [-0.1, -0.05) is 25.7 Å². The van der Waals surface area contributed by atoms with Crippen molar-refractivity contribution in [2.24, 2.45) is 5.92 Å². The summed E-state index contributed by atoms with van der Waals surface area (Å²) >= 11 is 0. The smallest absolute Gasteiger partial charge is 0.0940 e. The van der Waals surface area contributed by atoms with E-state index in [1.165, 1.54) is 25.7 Å². The summed E-state index contributed by atoms with van der Waals surface area (Å²) in [6, 6.07) is 0. The zero-order valence-corrected chi connectivity index (χ0v) is 12.4. The van der Waals surface area contributed by atoms with E-state index in [4.69, 9.17) is 9.47 Å². The minimum absolute atomic E-state index is 0.260. The van der Waals surface area contributed by atoms with Crippen molar-refractivity contribution in [3.63, 3.8) is 0 Å². The summed E-state index contributed by atoms with van der Waals surface area (Å²) in [5, 5.41) is 10.8. The Bertz CT molecular complexity index is 240. The van der Waals surface area contributed by atoms with Crippen molar-refractivity contribution in [1.82, 2.24) is 0 Å². The quantitative estimate of drug-likeness (QED) is 0.779. The van der Waals surface area contributed by atoms with E-state index in [-0.39, 0.29) is 11.7 Å². The van der Waals surface area contributed by atoms with Gasteiger partial charge < -0.3 is 14.6 Å². The molecule has 1 saturated heterocycles. The topological polar surface area (TPSA) is 38.7 Å². The van der Waals surface area contributed by atoms with Crippen LogP contribution in [0.25, 0.3) is 0 Å². The lowest BCUT2D eigenvalue weighted by Crippen LogP contribution is -2.46. The van der Waals surface area contributed by atoms with Crippen LogP contribution in [0.1, 0.15) is 64.7 Å². The van der Waals surface area contributed by atoms with Crippen molar-refractivity contribution >= 4 is 0 Å². The molecule has 0 amide bonds. The van der Waals surface area contributed by atoms with E-state index in [1.807, 2.05) is 6.92 Å². The van der Waals surface area contributed by atoms with Crippen LogP contribution < -0.4 is 0 Å². The van der Waals surface area contributed by atoms with Crippen molar-refractivity contribution in [3.8, 4) is 0 Å². The molecule has 2 rings (SSSR count). The highest BCUT2D eigenvalue weighted by Crippen LogP contribution is 2.37. The van der Waals surface area contributed by atoms with Crippen LogP contribution in [0.5, 0.6) is 0 Å². The molecule has 3 heteroatoms. The fourth-order valence-electron chi connectivity index (χ4n) is 3.70. The maximum absolute atomic E-state index is 10.8. The minimum atomic E-state index is -0.298. The average Bonchev–Trinajstić information content (AvgIpc) is 2.67. The van der Waals surface area contributed by atoms with Gasteiger partial charge in [0.15, 0.2) is 0 Å². The van der Waals surface area contributed by atoms with E-state index in [0.717, 1.165) is 45.3 Å². The molecule has 19 heavy (non-hydrogen) atoms. The molecule has 0 aromatic carbocycles. The predicted molar refractivity (Wildman–Crippen MR) is 76.2 cm³/mol. The van der Waals surface area contributed by atoms with Gasteiger partial charge >= 0.3 is 0 Å². The maximum Gasteiger partial charge on any atom is 0.0940 e. The van der Waals surface area contributed by atoms with E-state index >= 15 is 0 Å². The van der Waals surface area contributed by atoms with Crippen LogP contribution in [0.2, 0.25) is 0 Å². The fraction of sp³-hybridized carbons (Fsp3) is 1.00. The first-order valence-electron chi connectivity index (χ1n) is 8.16. The normalized spacial score (nSPS) is 26.8. The Hall–Kier alpha value is -0.120. The summed E-state index contributed by atoms with van der Waals surface area (Å²) in [5.41, 5.74) is -0.260. The van der Waals surface area contributed by atoms with Gasteiger partial charge in [-0.3, -0.25) is 0 Å². The highest BCUT2D eigenvalue weighted by atomic mass is 16.5. The number of hydrogen-bond donors (Lipinski definition) is 1. The first-order chi connectivity index (χ1) is 9.27. The van der Waals surface area contributed by atoms with Crippen molar-refractivity contribution < 1.29 is 14.6 Å². The van der Waals surface area contributed by atoms with Crippen LogP contribution >= 0.6 is 0 Å². The zero-order chi connectivity index (χ0) is 13.6. The number of ether oxygens (including phenoxy) is 2. The second kappa shape index (κ2) is 7.61. The second-order valence-electron chi connectivity index (χ2n) is 6.22. The Kier molecular flexibility index (Phi) is 6.11. The van der Waals surface area contributed by atoms with Crippen molar-refractivity contribution in [3.05, 3.63) is 0 Å². The largest absolute Gasteiger partial charge is 0.390 e. The third-order valence-corrected chi connectivity index (χ3v) is 4.89. The van der Waals surface area contributed by atoms with E-state index in [9.17, 15) is 5.11 Å². The number of aliphatic hydroxyl groups excluding tert-OH is 1. The van der Waals surface area contributed by atoms with Gasteiger partial charge in [-0.05, 0) is 44.9 Å². The van der Waals surface area contributed by atoms with Gasteiger partial charge in [0.1, 0.15) is 0 Å². The maximum atomic E-state index is 10.8. The summed E-state index contributed by atoms with van der Waals surface area (Å²) < 4.78 is 11.5.